The van der Waals surface area contributed by atoms with E-state index in [2.05, 4.69) is 26.4 Å². The number of anilines is 1. The highest BCUT2D eigenvalue weighted by molar-refractivity contribution is 6.30. The fourth-order valence-electron chi connectivity index (χ4n) is 3.21. The van der Waals surface area contributed by atoms with Crippen LogP contribution in [0, 0.1) is 18.3 Å². The van der Waals surface area contributed by atoms with E-state index in [1.165, 1.54) is 5.69 Å². The number of carbonyl (C=O) groups excluding carboxylic acids is 1. The fourth-order valence-corrected chi connectivity index (χ4v) is 3.34. The maximum absolute atomic E-state index is 12.1. The SMILES string of the molecule is C#CCCC1(CCC(=O)NCC2CCN(c3ccc(Cl)cc3)C2)N=N1. The highest BCUT2D eigenvalue weighted by atomic mass is 35.5. The third-order valence-corrected chi connectivity index (χ3v) is 5.12. The number of amides is 1. The Morgan fingerprint density at radius 3 is 2.80 bits per heavy atom. The number of hydrogen-bond acceptors (Lipinski definition) is 4. The summed E-state index contributed by atoms with van der Waals surface area (Å²) in [6.07, 6.45) is 8.86. The van der Waals surface area contributed by atoms with E-state index in [0.29, 0.717) is 31.7 Å². The largest absolute Gasteiger partial charge is 0.371 e. The van der Waals surface area contributed by atoms with Crippen LogP contribution >= 0.6 is 11.6 Å². The first-order chi connectivity index (χ1) is 12.1. The van der Waals surface area contributed by atoms with Crippen molar-refractivity contribution in [1.82, 2.24) is 5.32 Å². The lowest BCUT2D eigenvalue weighted by Crippen LogP contribution is -2.31. The molecule has 1 N–H and O–H groups in total. The smallest absolute Gasteiger partial charge is 0.220 e. The van der Waals surface area contributed by atoms with Gasteiger partial charge in [-0.1, -0.05) is 11.6 Å². The van der Waals surface area contributed by atoms with Gasteiger partial charge in [0.1, 0.15) is 0 Å². The van der Waals surface area contributed by atoms with Crippen LogP contribution in [0.1, 0.15) is 32.1 Å². The molecule has 0 bridgehead atoms. The van der Waals surface area contributed by atoms with E-state index in [1.807, 2.05) is 24.3 Å². The third-order valence-electron chi connectivity index (χ3n) is 4.87. The van der Waals surface area contributed by atoms with Crippen LogP contribution in [0.25, 0.3) is 0 Å². The minimum absolute atomic E-state index is 0.0716. The molecule has 1 aromatic carbocycles. The van der Waals surface area contributed by atoms with Crippen LogP contribution in [-0.4, -0.2) is 31.2 Å². The molecule has 6 heteroatoms. The van der Waals surface area contributed by atoms with Crippen molar-refractivity contribution < 1.29 is 4.79 Å². The molecule has 1 saturated heterocycles. The first-order valence-electron chi connectivity index (χ1n) is 8.75. The molecule has 0 radical (unpaired) electrons. The molecule has 0 saturated carbocycles. The summed E-state index contributed by atoms with van der Waals surface area (Å²) >= 11 is 5.94. The minimum atomic E-state index is -0.373. The molecule has 132 valence electrons. The molecular weight excluding hydrogens is 336 g/mol. The predicted octanol–water partition coefficient (Wildman–Crippen LogP) is 3.64. The van der Waals surface area contributed by atoms with Gasteiger partial charge in [0.15, 0.2) is 5.66 Å². The molecule has 1 fully saturated rings. The summed E-state index contributed by atoms with van der Waals surface area (Å²) < 4.78 is 0. The number of nitrogens with one attached hydrogen (secondary N) is 1. The Balaban J connectivity index is 1.36. The van der Waals surface area contributed by atoms with Gasteiger partial charge in [0.25, 0.3) is 0 Å². The quantitative estimate of drug-likeness (QED) is 0.721. The molecule has 2 heterocycles. The van der Waals surface area contributed by atoms with Gasteiger partial charge in [0, 0.05) is 56.0 Å². The Morgan fingerprint density at radius 2 is 2.12 bits per heavy atom. The molecule has 1 amide bonds. The van der Waals surface area contributed by atoms with Crippen molar-refractivity contribution in [3.8, 4) is 12.3 Å². The number of halogens is 1. The number of rotatable bonds is 8. The van der Waals surface area contributed by atoms with Gasteiger partial charge in [-0.25, -0.2) is 0 Å². The van der Waals surface area contributed by atoms with E-state index >= 15 is 0 Å². The topological polar surface area (TPSA) is 57.1 Å². The van der Waals surface area contributed by atoms with Crippen molar-refractivity contribution >= 4 is 23.2 Å². The Hall–Kier alpha value is -2.06. The Kier molecular flexibility index (Phi) is 5.60. The molecule has 5 nitrogen and oxygen atoms in total. The van der Waals surface area contributed by atoms with Gasteiger partial charge in [-0.05, 0) is 36.6 Å². The van der Waals surface area contributed by atoms with Crippen LogP contribution in [0.2, 0.25) is 5.02 Å². The standard InChI is InChI=1S/C19H23ClN4O/c1-2-3-10-19(22-23-19)11-8-18(25)21-13-15-9-12-24(14-15)17-6-4-16(20)5-7-17/h1,4-7,15H,3,8-14H2,(H,21,25). The number of terminal acetylenes is 1. The summed E-state index contributed by atoms with van der Waals surface area (Å²) in [5.74, 6) is 3.15. The molecule has 25 heavy (non-hydrogen) atoms. The maximum Gasteiger partial charge on any atom is 0.220 e. The van der Waals surface area contributed by atoms with Gasteiger partial charge in [-0.15, -0.1) is 12.3 Å². The fraction of sp³-hybridized carbons (Fsp3) is 0.526. The Morgan fingerprint density at radius 1 is 1.36 bits per heavy atom. The van der Waals surface area contributed by atoms with E-state index in [-0.39, 0.29) is 11.6 Å². The highest BCUT2D eigenvalue weighted by Gasteiger charge is 2.39. The van der Waals surface area contributed by atoms with Crippen LogP contribution < -0.4 is 10.2 Å². The van der Waals surface area contributed by atoms with Crippen molar-refractivity contribution in [3.05, 3.63) is 29.3 Å². The van der Waals surface area contributed by atoms with E-state index in [1.54, 1.807) is 0 Å². The van der Waals surface area contributed by atoms with Crippen molar-refractivity contribution in [1.29, 1.82) is 0 Å². The summed E-state index contributed by atoms with van der Waals surface area (Å²) in [7, 11) is 0. The second-order valence-corrected chi connectivity index (χ2v) is 7.20. The lowest BCUT2D eigenvalue weighted by molar-refractivity contribution is -0.121. The number of nitrogens with zero attached hydrogens (tertiary/aromatic N) is 3. The Bertz CT molecular complexity index is 674. The van der Waals surface area contributed by atoms with Gasteiger partial charge in [-0.3, -0.25) is 4.79 Å². The van der Waals surface area contributed by atoms with Crippen molar-refractivity contribution in [3.63, 3.8) is 0 Å². The van der Waals surface area contributed by atoms with Gasteiger partial charge in [0.2, 0.25) is 5.91 Å². The van der Waals surface area contributed by atoms with Crippen LogP contribution in [0.5, 0.6) is 0 Å². The average Bonchev–Trinajstić information content (AvgIpc) is 3.24. The third kappa shape index (κ3) is 4.96. The van der Waals surface area contributed by atoms with Crippen LogP contribution in [-0.2, 0) is 4.79 Å². The zero-order valence-electron chi connectivity index (χ0n) is 14.2. The molecule has 3 rings (SSSR count). The lowest BCUT2D eigenvalue weighted by atomic mass is 10.0. The Labute approximate surface area is 153 Å². The summed E-state index contributed by atoms with van der Waals surface area (Å²) in [5, 5.41) is 11.9. The van der Waals surface area contributed by atoms with E-state index < -0.39 is 0 Å². The zero-order valence-corrected chi connectivity index (χ0v) is 15.0. The first kappa shape index (κ1) is 17.8. The summed E-state index contributed by atoms with van der Waals surface area (Å²) in [5.41, 5.74) is 0.813. The van der Waals surface area contributed by atoms with Crippen LogP contribution in [0.15, 0.2) is 34.5 Å². The van der Waals surface area contributed by atoms with Crippen molar-refractivity contribution in [2.75, 3.05) is 24.5 Å². The molecule has 1 atom stereocenters. The first-order valence-corrected chi connectivity index (χ1v) is 9.13. The monoisotopic (exact) mass is 358 g/mol. The number of benzene rings is 1. The lowest BCUT2D eigenvalue weighted by Gasteiger charge is -2.19. The summed E-state index contributed by atoms with van der Waals surface area (Å²) in [4.78, 5) is 14.4. The molecule has 0 aliphatic carbocycles. The van der Waals surface area contributed by atoms with Crippen LogP contribution in [0.4, 0.5) is 5.69 Å². The molecule has 2 aliphatic rings. The highest BCUT2D eigenvalue weighted by Crippen LogP contribution is 2.37. The molecule has 0 spiro atoms. The molecular formula is C19H23ClN4O. The minimum Gasteiger partial charge on any atom is -0.371 e. The van der Waals surface area contributed by atoms with Gasteiger partial charge >= 0.3 is 0 Å². The number of carbonyl (C=O) groups is 1. The van der Waals surface area contributed by atoms with Crippen LogP contribution in [0.3, 0.4) is 0 Å². The van der Waals surface area contributed by atoms with E-state index in [9.17, 15) is 4.79 Å². The maximum atomic E-state index is 12.1. The second-order valence-electron chi connectivity index (χ2n) is 6.77. The van der Waals surface area contributed by atoms with Crippen molar-refractivity contribution in [2.45, 2.75) is 37.8 Å². The van der Waals surface area contributed by atoms with E-state index in [4.69, 9.17) is 18.0 Å². The summed E-state index contributed by atoms with van der Waals surface area (Å²) in [6.45, 7) is 2.68. The summed E-state index contributed by atoms with van der Waals surface area (Å²) in [6, 6.07) is 7.91. The number of hydrogen-bond donors (Lipinski definition) is 1. The average molecular weight is 359 g/mol. The molecule has 0 aromatic heterocycles. The van der Waals surface area contributed by atoms with Gasteiger partial charge in [-0.2, -0.15) is 10.2 Å². The predicted molar refractivity (Wildman–Crippen MR) is 99.7 cm³/mol. The van der Waals surface area contributed by atoms with Gasteiger partial charge in [0.05, 0.1) is 0 Å². The zero-order chi connectivity index (χ0) is 17.7. The second kappa shape index (κ2) is 7.88. The molecule has 2 aliphatic heterocycles. The molecule has 1 unspecified atom stereocenters. The van der Waals surface area contributed by atoms with E-state index in [0.717, 1.165) is 31.0 Å². The van der Waals surface area contributed by atoms with Crippen molar-refractivity contribution in [2.24, 2.45) is 16.1 Å². The molecule has 1 aromatic rings. The van der Waals surface area contributed by atoms with Gasteiger partial charge < -0.3 is 10.2 Å². The normalized spacial score (nSPS) is 20.3.